The zero-order chi connectivity index (χ0) is 7.98. The molecular formula is C9H15N. The summed E-state index contributed by atoms with van der Waals surface area (Å²) in [6.45, 7) is 7.57. The molecular weight excluding hydrogens is 122 g/mol. The van der Waals surface area contributed by atoms with Crippen LogP contribution in [0.4, 0.5) is 0 Å². The molecule has 0 aliphatic carbocycles. The van der Waals surface area contributed by atoms with Crippen molar-refractivity contribution in [3.63, 3.8) is 0 Å². The van der Waals surface area contributed by atoms with E-state index in [2.05, 4.69) is 6.58 Å². The monoisotopic (exact) mass is 137 g/mol. The van der Waals surface area contributed by atoms with Gasteiger partial charge < -0.3 is 5.73 Å². The van der Waals surface area contributed by atoms with Crippen LogP contribution in [0.25, 0.3) is 0 Å². The maximum Gasteiger partial charge on any atom is 0.0265 e. The Morgan fingerprint density at radius 3 is 2.50 bits per heavy atom. The second-order valence-corrected chi connectivity index (χ2v) is 2.19. The van der Waals surface area contributed by atoms with Gasteiger partial charge in [-0.15, -0.1) is 0 Å². The smallest absolute Gasteiger partial charge is 0.0265 e. The van der Waals surface area contributed by atoms with E-state index in [9.17, 15) is 0 Å². The van der Waals surface area contributed by atoms with Crippen LogP contribution in [0, 0.1) is 0 Å². The van der Waals surface area contributed by atoms with Crippen LogP contribution < -0.4 is 5.73 Å². The summed E-state index contributed by atoms with van der Waals surface area (Å²) in [5.74, 6) is 0. The van der Waals surface area contributed by atoms with Crippen molar-refractivity contribution in [1.82, 2.24) is 0 Å². The van der Waals surface area contributed by atoms with E-state index in [0.717, 1.165) is 5.57 Å². The van der Waals surface area contributed by atoms with Crippen molar-refractivity contribution in [2.45, 2.75) is 19.9 Å². The number of rotatable bonds is 3. The van der Waals surface area contributed by atoms with Gasteiger partial charge in [-0.3, -0.25) is 0 Å². The van der Waals surface area contributed by atoms with E-state index in [1.807, 2.05) is 32.1 Å². The highest BCUT2D eigenvalue weighted by Gasteiger charge is 1.94. The van der Waals surface area contributed by atoms with Gasteiger partial charge in [-0.05, 0) is 19.4 Å². The summed E-state index contributed by atoms with van der Waals surface area (Å²) in [6.07, 6.45) is 7.68. The molecule has 0 heterocycles. The summed E-state index contributed by atoms with van der Waals surface area (Å²) in [5, 5.41) is 0. The number of allylic oxidation sites excluding steroid dienone is 3. The highest BCUT2D eigenvalue weighted by Crippen LogP contribution is 1.99. The van der Waals surface area contributed by atoms with Crippen molar-refractivity contribution in [3.8, 4) is 0 Å². The Bertz CT molecular complexity index is 152. The average Bonchev–Trinajstić information content (AvgIpc) is 1.89. The van der Waals surface area contributed by atoms with Gasteiger partial charge in [-0.1, -0.05) is 30.9 Å². The van der Waals surface area contributed by atoms with Gasteiger partial charge in [0.2, 0.25) is 0 Å². The molecule has 0 spiro atoms. The molecule has 1 atom stereocenters. The average molecular weight is 137 g/mol. The molecule has 0 radical (unpaired) electrons. The molecule has 0 unspecified atom stereocenters. The first-order chi connectivity index (χ1) is 4.72. The van der Waals surface area contributed by atoms with Gasteiger partial charge in [0.05, 0.1) is 0 Å². The molecule has 0 amide bonds. The molecule has 1 nitrogen and oxygen atoms in total. The fraction of sp³-hybridized carbons (Fsp3) is 0.333. The Morgan fingerprint density at radius 1 is 1.60 bits per heavy atom. The van der Waals surface area contributed by atoms with Crippen LogP contribution in [0.1, 0.15) is 13.8 Å². The molecule has 0 aromatic carbocycles. The third-order valence-corrected chi connectivity index (χ3v) is 1.24. The highest BCUT2D eigenvalue weighted by atomic mass is 14.6. The van der Waals surface area contributed by atoms with E-state index in [1.54, 1.807) is 6.08 Å². The van der Waals surface area contributed by atoms with E-state index >= 15 is 0 Å². The van der Waals surface area contributed by atoms with Gasteiger partial charge in [0, 0.05) is 6.04 Å². The SMILES string of the molecule is C=C/C(=C\C=C/C)[C@@H](C)N. The second kappa shape index (κ2) is 5.00. The molecule has 0 rings (SSSR count). The molecule has 0 aliphatic heterocycles. The molecule has 2 N–H and O–H groups in total. The fourth-order valence-corrected chi connectivity index (χ4v) is 0.613. The van der Waals surface area contributed by atoms with E-state index in [1.165, 1.54) is 0 Å². The minimum Gasteiger partial charge on any atom is -0.324 e. The lowest BCUT2D eigenvalue weighted by Crippen LogP contribution is -2.16. The Hall–Kier alpha value is -0.820. The number of hydrogen-bond acceptors (Lipinski definition) is 1. The standard InChI is InChI=1S/C9H15N/c1-4-6-7-9(5-2)8(3)10/h4-8H,2,10H2,1,3H3/b6-4-,9-7+/t8-/m1/s1. The van der Waals surface area contributed by atoms with E-state index in [0.29, 0.717) is 0 Å². The number of nitrogens with two attached hydrogens (primary N) is 1. The molecule has 10 heavy (non-hydrogen) atoms. The Labute approximate surface area is 62.9 Å². The summed E-state index contributed by atoms with van der Waals surface area (Å²) in [4.78, 5) is 0. The summed E-state index contributed by atoms with van der Waals surface area (Å²) < 4.78 is 0. The molecule has 56 valence electrons. The molecule has 0 saturated heterocycles. The molecule has 0 bridgehead atoms. The van der Waals surface area contributed by atoms with Crippen molar-refractivity contribution in [1.29, 1.82) is 0 Å². The van der Waals surface area contributed by atoms with E-state index < -0.39 is 0 Å². The molecule has 0 aromatic heterocycles. The lowest BCUT2D eigenvalue weighted by Gasteiger charge is -2.03. The van der Waals surface area contributed by atoms with Gasteiger partial charge in [0.25, 0.3) is 0 Å². The van der Waals surface area contributed by atoms with Crippen LogP contribution in [0.15, 0.2) is 36.5 Å². The summed E-state index contributed by atoms with van der Waals surface area (Å²) in [7, 11) is 0. The van der Waals surface area contributed by atoms with Crippen LogP contribution in [0.2, 0.25) is 0 Å². The zero-order valence-corrected chi connectivity index (χ0v) is 6.67. The van der Waals surface area contributed by atoms with Crippen LogP contribution in [0.5, 0.6) is 0 Å². The van der Waals surface area contributed by atoms with Crippen molar-refractivity contribution < 1.29 is 0 Å². The third kappa shape index (κ3) is 3.25. The van der Waals surface area contributed by atoms with Crippen LogP contribution in [0.3, 0.4) is 0 Å². The highest BCUT2D eigenvalue weighted by molar-refractivity contribution is 5.25. The van der Waals surface area contributed by atoms with Gasteiger partial charge in [-0.2, -0.15) is 0 Å². The lowest BCUT2D eigenvalue weighted by molar-refractivity contribution is 0.886. The third-order valence-electron chi connectivity index (χ3n) is 1.24. The lowest BCUT2D eigenvalue weighted by atomic mass is 10.1. The Morgan fingerprint density at radius 2 is 2.20 bits per heavy atom. The Kier molecular flexibility index (Phi) is 4.59. The first kappa shape index (κ1) is 9.18. The van der Waals surface area contributed by atoms with E-state index in [-0.39, 0.29) is 6.04 Å². The van der Waals surface area contributed by atoms with Crippen molar-refractivity contribution in [2.24, 2.45) is 5.73 Å². The normalized spacial score (nSPS) is 15.7. The topological polar surface area (TPSA) is 26.0 Å². The largest absolute Gasteiger partial charge is 0.324 e. The maximum atomic E-state index is 5.61. The maximum absolute atomic E-state index is 5.61. The van der Waals surface area contributed by atoms with Crippen molar-refractivity contribution in [3.05, 3.63) is 36.5 Å². The zero-order valence-electron chi connectivity index (χ0n) is 6.67. The van der Waals surface area contributed by atoms with Crippen LogP contribution >= 0.6 is 0 Å². The van der Waals surface area contributed by atoms with Gasteiger partial charge in [0.1, 0.15) is 0 Å². The van der Waals surface area contributed by atoms with Crippen molar-refractivity contribution in [2.75, 3.05) is 0 Å². The van der Waals surface area contributed by atoms with Crippen LogP contribution in [-0.2, 0) is 0 Å². The quantitative estimate of drug-likeness (QED) is 0.592. The molecule has 1 heteroatoms. The summed E-state index contributed by atoms with van der Waals surface area (Å²) in [5.41, 5.74) is 6.68. The molecule has 0 aliphatic rings. The number of hydrogen-bond donors (Lipinski definition) is 1. The van der Waals surface area contributed by atoms with Gasteiger partial charge >= 0.3 is 0 Å². The fourth-order valence-electron chi connectivity index (χ4n) is 0.613. The van der Waals surface area contributed by atoms with Gasteiger partial charge in [-0.25, -0.2) is 0 Å². The van der Waals surface area contributed by atoms with Crippen molar-refractivity contribution >= 4 is 0 Å². The molecule has 0 aromatic rings. The summed E-state index contributed by atoms with van der Waals surface area (Å²) >= 11 is 0. The van der Waals surface area contributed by atoms with Gasteiger partial charge in [0.15, 0.2) is 0 Å². The second-order valence-electron chi connectivity index (χ2n) is 2.19. The first-order valence-corrected chi connectivity index (χ1v) is 3.43. The predicted molar refractivity (Wildman–Crippen MR) is 46.7 cm³/mol. The van der Waals surface area contributed by atoms with Crippen LogP contribution in [-0.4, -0.2) is 6.04 Å². The minimum absolute atomic E-state index is 0.0775. The minimum atomic E-state index is 0.0775. The predicted octanol–water partition coefficient (Wildman–Crippen LogP) is 2.02. The summed E-state index contributed by atoms with van der Waals surface area (Å²) in [6, 6.07) is 0.0775. The molecule has 0 saturated carbocycles. The first-order valence-electron chi connectivity index (χ1n) is 3.43. The molecule has 0 fully saturated rings. The van der Waals surface area contributed by atoms with E-state index in [4.69, 9.17) is 5.73 Å². The Balaban J connectivity index is 4.18.